The third kappa shape index (κ3) is 5.92. The van der Waals surface area contributed by atoms with Gasteiger partial charge in [-0.1, -0.05) is 20.8 Å². The summed E-state index contributed by atoms with van der Waals surface area (Å²) in [5.41, 5.74) is 0. The molecule has 0 spiro atoms. The minimum absolute atomic E-state index is 0.155. The normalized spacial score (nSPS) is 19.2. The highest BCUT2D eigenvalue weighted by Crippen LogP contribution is 2.39. The predicted molar refractivity (Wildman–Crippen MR) is 55.4 cm³/mol. The van der Waals surface area contributed by atoms with Gasteiger partial charge in [0.15, 0.2) is 0 Å². The molecule has 0 heterocycles. The van der Waals surface area contributed by atoms with E-state index in [1.165, 1.54) is 6.92 Å². The van der Waals surface area contributed by atoms with Crippen molar-refractivity contribution in [1.82, 2.24) is 0 Å². The zero-order chi connectivity index (χ0) is 12.9. The molecule has 0 aromatic rings. The van der Waals surface area contributed by atoms with E-state index in [-0.39, 0.29) is 5.92 Å². The van der Waals surface area contributed by atoms with Crippen LogP contribution in [0.2, 0.25) is 0 Å². The van der Waals surface area contributed by atoms with Gasteiger partial charge < -0.3 is 5.11 Å². The van der Waals surface area contributed by atoms with E-state index in [0.29, 0.717) is 6.42 Å². The summed E-state index contributed by atoms with van der Waals surface area (Å²) in [7, 11) is -6.28. The highest BCUT2D eigenvalue weighted by Gasteiger charge is 2.52. The van der Waals surface area contributed by atoms with Gasteiger partial charge in [0.2, 0.25) is 0 Å². The summed E-state index contributed by atoms with van der Waals surface area (Å²) in [5, 5.41) is 9.74. The van der Waals surface area contributed by atoms with Crippen molar-refractivity contribution >= 4 is 16.5 Å². The van der Waals surface area contributed by atoms with Gasteiger partial charge >= 0.3 is 22.5 Å². The summed E-state index contributed by atoms with van der Waals surface area (Å²) in [6, 6.07) is 0. The van der Waals surface area contributed by atoms with Crippen molar-refractivity contribution < 1.29 is 33.1 Å². The Morgan fingerprint density at radius 3 is 1.75 bits per heavy atom. The minimum atomic E-state index is -3.14. The SMILES string of the molecule is CC(C)CC(C)C(O)(O[P+](=O)O)O[P+](=O)O. The Balaban J connectivity index is 4.75. The molecule has 9 heteroatoms. The molecule has 0 aliphatic carbocycles. The molecule has 0 aromatic heterocycles. The average molecular weight is 274 g/mol. The van der Waals surface area contributed by atoms with Crippen LogP contribution >= 0.6 is 16.5 Å². The molecule has 0 aliphatic rings. The molecule has 0 aliphatic heterocycles. The first-order valence-electron chi connectivity index (χ1n) is 4.60. The fourth-order valence-corrected chi connectivity index (χ4v) is 2.22. The summed E-state index contributed by atoms with van der Waals surface area (Å²) in [4.78, 5) is 17.1. The molecular weight excluding hydrogens is 258 g/mol. The van der Waals surface area contributed by atoms with Crippen LogP contribution in [-0.2, 0) is 18.2 Å². The molecule has 3 N–H and O–H groups in total. The second kappa shape index (κ2) is 6.67. The van der Waals surface area contributed by atoms with Gasteiger partial charge in [-0.3, -0.25) is 0 Å². The van der Waals surface area contributed by atoms with Crippen LogP contribution in [0.25, 0.3) is 0 Å². The minimum Gasteiger partial charge on any atom is -0.337 e. The Morgan fingerprint density at radius 1 is 1.12 bits per heavy atom. The van der Waals surface area contributed by atoms with Gasteiger partial charge in [-0.2, -0.15) is 0 Å². The topological polar surface area (TPSA) is 113 Å². The zero-order valence-electron chi connectivity index (χ0n) is 9.23. The van der Waals surface area contributed by atoms with Crippen LogP contribution < -0.4 is 0 Å². The van der Waals surface area contributed by atoms with Crippen molar-refractivity contribution in [3.8, 4) is 0 Å². The third-order valence-electron chi connectivity index (χ3n) is 1.87. The summed E-state index contributed by atoms with van der Waals surface area (Å²) < 4.78 is 29.5. The lowest BCUT2D eigenvalue weighted by Gasteiger charge is -2.22. The van der Waals surface area contributed by atoms with Gasteiger partial charge in [-0.05, 0) is 21.4 Å². The molecule has 7 nitrogen and oxygen atoms in total. The Hall–Kier alpha value is -0.0000000000000000763. The summed E-state index contributed by atoms with van der Waals surface area (Å²) >= 11 is 0. The Morgan fingerprint density at radius 2 is 1.50 bits per heavy atom. The predicted octanol–water partition coefficient (Wildman–Crippen LogP) is 1.65. The van der Waals surface area contributed by atoms with E-state index in [4.69, 9.17) is 9.79 Å². The lowest BCUT2D eigenvalue weighted by atomic mass is 9.97. The maximum absolute atomic E-state index is 10.5. The van der Waals surface area contributed by atoms with Crippen LogP contribution in [0.15, 0.2) is 0 Å². The molecule has 0 saturated carbocycles. The maximum Gasteiger partial charge on any atom is 0.700 e. The van der Waals surface area contributed by atoms with Crippen LogP contribution in [0.5, 0.6) is 0 Å². The summed E-state index contributed by atoms with van der Waals surface area (Å²) in [6.45, 7) is 5.20. The molecule has 0 rings (SSSR count). The van der Waals surface area contributed by atoms with E-state index < -0.39 is 28.4 Å². The van der Waals surface area contributed by atoms with E-state index in [1.54, 1.807) is 0 Å². The molecule has 0 aromatic carbocycles. The van der Waals surface area contributed by atoms with Gasteiger partial charge in [-0.15, -0.1) is 9.79 Å². The number of hydrogen-bond acceptors (Lipinski definition) is 5. The molecule has 3 atom stereocenters. The molecule has 0 bridgehead atoms. The first-order valence-corrected chi connectivity index (χ1v) is 6.86. The summed E-state index contributed by atoms with van der Waals surface area (Å²) in [6.07, 6.45) is 0.392. The fourth-order valence-electron chi connectivity index (χ4n) is 1.28. The quantitative estimate of drug-likeness (QED) is 0.477. The Labute approximate surface area is 95.3 Å². The molecule has 0 fully saturated rings. The van der Waals surface area contributed by atoms with Gasteiger partial charge in [0.1, 0.15) is 0 Å². The fraction of sp³-hybridized carbons (Fsp3) is 1.00. The van der Waals surface area contributed by atoms with Crippen LogP contribution in [0.3, 0.4) is 0 Å². The number of rotatable bonds is 7. The van der Waals surface area contributed by atoms with E-state index in [1.807, 2.05) is 13.8 Å². The zero-order valence-corrected chi connectivity index (χ0v) is 11.0. The molecule has 0 amide bonds. The van der Waals surface area contributed by atoms with Crippen LogP contribution in [0, 0.1) is 11.8 Å². The molecule has 3 unspecified atom stereocenters. The molecule has 16 heavy (non-hydrogen) atoms. The van der Waals surface area contributed by atoms with E-state index >= 15 is 0 Å². The highest BCUT2D eigenvalue weighted by atomic mass is 31.1. The molecule has 0 radical (unpaired) electrons. The molecule has 94 valence electrons. The maximum atomic E-state index is 10.5. The lowest BCUT2D eigenvalue weighted by molar-refractivity contribution is -0.304. The number of aliphatic hydroxyl groups is 1. The van der Waals surface area contributed by atoms with Crippen LogP contribution in [0.1, 0.15) is 27.2 Å². The van der Waals surface area contributed by atoms with Crippen LogP contribution in [-0.4, -0.2) is 20.9 Å². The second-order valence-electron chi connectivity index (χ2n) is 3.82. The van der Waals surface area contributed by atoms with Crippen molar-refractivity contribution in [3.05, 3.63) is 0 Å². The van der Waals surface area contributed by atoms with Crippen molar-refractivity contribution in [2.45, 2.75) is 33.2 Å². The molecule has 0 saturated heterocycles. The van der Waals surface area contributed by atoms with Crippen LogP contribution in [0.4, 0.5) is 0 Å². The standard InChI is InChI=1S/C7H14O7P2/c1-5(2)4-6(3)7(8,13-15(9)10)14-16(11)12/h5-6,8H,4H2,1-3H3/p+2. The average Bonchev–Trinajstić information content (AvgIpc) is 1.98. The van der Waals surface area contributed by atoms with E-state index in [2.05, 4.69) is 9.05 Å². The first-order chi connectivity index (χ1) is 7.17. The van der Waals surface area contributed by atoms with Gasteiger partial charge in [-0.25, -0.2) is 0 Å². The van der Waals surface area contributed by atoms with Gasteiger partial charge in [0, 0.05) is 15.0 Å². The Kier molecular flexibility index (Phi) is 6.67. The van der Waals surface area contributed by atoms with Crippen molar-refractivity contribution in [1.29, 1.82) is 0 Å². The third-order valence-corrected chi connectivity index (χ3v) is 2.70. The van der Waals surface area contributed by atoms with Crippen molar-refractivity contribution in [2.75, 3.05) is 0 Å². The smallest absolute Gasteiger partial charge is 0.337 e. The second-order valence-corrected chi connectivity index (χ2v) is 5.14. The van der Waals surface area contributed by atoms with E-state index in [0.717, 1.165) is 0 Å². The van der Waals surface area contributed by atoms with Gasteiger partial charge in [0.05, 0.1) is 0 Å². The van der Waals surface area contributed by atoms with E-state index in [9.17, 15) is 14.2 Å². The van der Waals surface area contributed by atoms with Gasteiger partial charge in [0.25, 0.3) is 0 Å². The largest absolute Gasteiger partial charge is 0.700 e. The Bertz CT molecular complexity index is 251. The highest BCUT2D eigenvalue weighted by molar-refractivity contribution is 7.33. The monoisotopic (exact) mass is 274 g/mol. The van der Waals surface area contributed by atoms with Crippen molar-refractivity contribution in [2.24, 2.45) is 11.8 Å². The first kappa shape index (κ1) is 16.0. The number of hydrogen-bond donors (Lipinski definition) is 3. The molecular formula is C7H16O7P2+2. The lowest BCUT2D eigenvalue weighted by Crippen LogP contribution is -2.39. The van der Waals surface area contributed by atoms with Crippen molar-refractivity contribution in [3.63, 3.8) is 0 Å². The summed E-state index contributed by atoms with van der Waals surface area (Å²) in [5.74, 6) is -3.11.